The van der Waals surface area contributed by atoms with Crippen LogP contribution >= 0.6 is 11.6 Å². The monoisotopic (exact) mass is 256 g/mol. The van der Waals surface area contributed by atoms with E-state index < -0.39 is 0 Å². The van der Waals surface area contributed by atoms with Crippen LogP contribution in [0.4, 0.5) is 5.69 Å². The Balaban J connectivity index is 2.50. The van der Waals surface area contributed by atoms with Gasteiger partial charge in [-0.1, -0.05) is 18.5 Å². The van der Waals surface area contributed by atoms with E-state index >= 15 is 0 Å². The molecule has 0 saturated carbocycles. The highest BCUT2D eigenvalue weighted by Gasteiger charge is 2.08. The van der Waals surface area contributed by atoms with Crippen molar-refractivity contribution in [3.8, 4) is 5.75 Å². The molecule has 94 valence electrons. The number of benzene rings is 1. The Morgan fingerprint density at radius 1 is 1.59 bits per heavy atom. The van der Waals surface area contributed by atoms with Crippen molar-refractivity contribution in [2.75, 3.05) is 12.3 Å². The van der Waals surface area contributed by atoms with Gasteiger partial charge in [0.15, 0.2) is 6.61 Å². The van der Waals surface area contributed by atoms with Gasteiger partial charge in [-0.25, -0.2) is 0 Å². The van der Waals surface area contributed by atoms with E-state index in [4.69, 9.17) is 22.1 Å². The molecule has 1 atom stereocenters. The number of hydrogen-bond donors (Lipinski definition) is 2. The van der Waals surface area contributed by atoms with Crippen molar-refractivity contribution in [1.29, 1.82) is 0 Å². The maximum Gasteiger partial charge on any atom is 0.258 e. The summed E-state index contributed by atoms with van der Waals surface area (Å²) in [5.41, 5.74) is 6.15. The molecule has 1 aromatic carbocycles. The average molecular weight is 257 g/mol. The Morgan fingerprint density at radius 2 is 2.29 bits per heavy atom. The second kappa shape index (κ2) is 6.35. The van der Waals surface area contributed by atoms with Crippen molar-refractivity contribution in [1.82, 2.24) is 5.32 Å². The number of rotatable bonds is 5. The van der Waals surface area contributed by atoms with Crippen LogP contribution in [-0.4, -0.2) is 18.6 Å². The number of nitrogens with two attached hydrogens (primary N) is 1. The smallest absolute Gasteiger partial charge is 0.258 e. The Labute approximate surface area is 106 Å². The lowest BCUT2D eigenvalue weighted by Gasteiger charge is -2.13. The number of hydrogen-bond acceptors (Lipinski definition) is 3. The third-order valence-corrected chi connectivity index (χ3v) is 2.59. The van der Waals surface area contributed by atoms with Gasteiger partial charge < -0.3 is 15.8 Å². The normalized spacial score (nSPS) is 11.9. The van der Waals surface area contributed by atoms with Crippen molar-refractivity contribution in [2.45, 2.75) is 26.3 Å². The molecule has 1 amide bonds. The molecule has 17 heavy (non-hydrogen) atoms. The summed E-state index contributed by atoms with van der Waals surface area (Å²) in [6, 6.07) is 5.04. The summed E-state index contributed by atoms with van der Waals surface area (Å²) >= 11 is 5.80. The summed E-state index contributed by atoms with van der Waals surface area (Å²) in [6.07, 6.45) is 0.880. The molecule has 1 aromatic rings. The largest absolute Gasteiger partial charge is 0.482 e. The van der Waals surface area contributed by atoms with Gasteiger partial charge in [0.25, 0.3) is 5.91 Å². The number of nitrogen functional groups attached to an aromatic ring is 1. The minimum absolute atomic E-state index is 0.0606. The van der Waals surface area contributed by atoms with Crippen LogP contribution in [0.15, 0.2) is 18.2 Å². The van der Waals surface area contributed by atoms with Crippen molar-refractivity contribution in [3.63, 3.8) is 0 Å². The van der Waals surface area contributed by atoms with E-state index in [1.54, 1.807) is 18.2 Å². The van der Waals surface area contributed by atoms with Crippen LogP contribution in [0, 0.1) is 0 Å². The maximum atomic E-state index is 11.5. The van der Waals surface area contributed by atoms with Gasteiger partial charge in [0, 0.05) is 17.1 Å². The molecule has 3 N–H and O–H groups in total. The number of carbonyl (C=O) groups is 1. The number of halogens is 1. The van der Waals surface area contributed by atoms with Gasteiger partial charge in [-0.15, -0.1) is 0 Å². The number of nitrogens with one attached hydrogen (secondary N) is 1. The first-order valence-electron chi connectivity index (χ1n) is 5.50. The molecular formula is C12H17ClN2O2. The summed E-state index contributed by atoms with van der Waals surface area (Å²) in [5, 5.41) is 3.32. The zero-order valence-electron chi connectivity index (χ0n) is 10.00. The Morgan fingerprint density at radius 3 is 2.94 bits per heavy atom. The fourth-order valence-electron chi connectivity index (χ4n) is 1.20. The van der Waals surface area contributed by atoms with Crippen molar-refractivity contribution in [3.05, 3.63) is 23.2 Å². The molecule has 0 saturated heterocycles. The van der Waals surface area contributed by atoms with Gasteiger partial charge in [-0.2, -0.15) is 0 Å². The number of anilines is 1. The van der Waals surface area contributed by atoms with Crippen LogP contribution < -0.4 is 15.8 Å². The van der Waals surface area contributed by atoms with Gasteiger partial charge in [0.2, 0.25) is 0 Å². The molecule has 0 fully saturated rings. The van der Waals surface area contributed by atoms with Crippen LogP contribution in [0.2, 0.25) is 5.02 Å². The molecule has 0 aromatic heterocycles. The molecule has 0 radical (unpaired) electrons. The fraction of sp³-hybridized carbons (Fsp3) is 0.417. The summed E-state index contributed by atoms with van der Waals surface area (Å²) < 4.78 is 5.30. The first-order chi connectivity index (χ1) is 8.02. The van der Waals surface area contributed by atoms with Gasteiger partial charge in [0.05, 0.1) is 5.69 Å². The van der Waals surface area contributed by atoms with Crippen molar-refractivity contribution in [2.24, 2.45) is 0 Å². The number of carbonyl (C=O) groups excluding carboxylic acids is 1. The third-order valence-electron chi connectivity index (χ3n) is 2.35. The fourth-order valence-corrected chi connectivity index (χ4v) is 1.36. The molecule has 0 aliphatic carbocycles. The second-order valence-electron chi connectivity index (χ2n) is 3.85. The molecule has 0 spiro atoms. The van der Waals surface area contributed by atoms with Gasteiger partial charge >= 0.3 is 0 Å². The zero-order chi connectivity index (χ0) is 12.8. The predicted octanol–water partition coefficient (Wildman–Crippen LogP) is 2.22. The molecule has 0 aliphatic rings. The molecule has 1 rings (SSSR count). The molecule has 0 aliphatic heterocycles. The highest BCUT2D eigenvalue weighted by atomic mass is 35.5. The van der Waals surface area contributed by atoms with Gasteiger partial charge in [0.1, 0.15) is 5.75 Å². The topological polar surface area (TPSA) is 64.3 Å². The molecule has 4 nitrogen and oxygen atoms in total. The minimum Gasteiger partial charge on any atom is -0.482 e. The Hall–Kier alpha value is -1.42. The standard InChI is InChI=1S/C12H17ClN2O2/c1-3-8(2)15-12(16)7-17-11-6-9(13)4-5-10(11)14/h4-6,8H,3,7,14H2,1-2H3,(H,15,16). The first-order valence-corrected chi connectivity index (χ1v) is 5.88. The maximum absolute atomic E-state index is 11.5. The number of ether oxygens (including phenoxy) is 1. The highest BCUT2D eigenvalue weighted by Crippen LogP contribution is 2.25. The average Bonchev–Trinajstić information content (AvgIpc) is 2.30. The van der Waals surface area contributed by atoms with Gasteiger partial charge in [-0.3, -0.25) is 4.79 Å². The Kier molecular flexibility index (Phi) is 5.10. The van der Waals surface area contributed by atoms with E-state index in [0.29, 0.717) is 16.5 Å². The molecule has 5 heteroatoms. The third kappa shape index (κ3) is 4.53. The zero-order valence-corrected chi connectivity index (χ0v) is 10.8. The lowest BCUT2D eigenvalue weighted by atomic mass is 10.2. The lowest BCUT2D eigenvalue weighted by molar-refractivity contribution is -0.123. The molecular weight excluding hydrogens is 240 g/mol. The van der Waals surface area contributed by atoms with E-state index in [2.05, 4.69) is 5.32 Å². The summed E-state index contributed by atoms with van der Waals surface area (Å²) in [4.78, 5) is 11.5. The van der Waals surface area contributed by atoms with Crippen LogP contribution in [0.5, 0.6) is 5.75 Å². The predicted molar refractivity (Wildman–Crippen MR) is 69.3 cm³/mol. The first kappa shape index (κ1) is 13.6. The van der Waals surface area contributed by atoms with Crippen LogP contribution in [0.25, 0.3) is 0 Å². The van der Waals surface area contributed by atoms with Crippen LogP contribution in [0.1, 0.15) is 20.3 Å². The Bertz CT molecular complexity index is 396. The summed E-state index contributed by atoms with van der Waals surface area (Å²) in [5.74, 6) is 0.260. The van der Waals surface area contributed by atoms with E-state index in [0.717, 1.165) is 6.42 Å². The second-order valence-corrected chi connectivity index (χ2v) is 4.28. The molecule has 1 unspecified atom stereocenters. The highest BCUT2D eigenvalue weighted by molar-refractivity contribution is 6.30. The summed E-state index contributed by atoms with van der Waals surface area (Å²) in [6.45, 7) is 3.88. The van der Waals surface area contributed by atoms with Crippen molar-refractivity contribution < 1.29 is 9.53 Å². The quantitative estimate of drug-likeness (QED) is 0.794. The van der Waals surface area contributed by atoms with Crippen LogP contribution in [0.3, 0.4) is 0 Å². The van der Waals surface area contributed by atoms with Crippen molar-refractivity contribution >= 4 is 23.2 Å². The molecule has 0 bridgehead atoms. The minimum atomic E-state index is -0.168. The lowest BCUT2D eigenvalue weighted by Crippen LogP contribution is -2.35. The van der Waals surface area contributed by atoms with E-state index in [1.165, 1.54) is 0 Å². The van der Waals surface area contributed by atoms with E-state index in [-0.39, 0.29) is 18.6 Å². The van der Waals surface area contributed by atoms with E-state index in [9.17, 15) is 4.79 Å². The van der Waals surface area contributed by atoms with Gasteiger partial charge in [-0.05, 0) is 25.5 Å². The summed E-state index contributed by atoms with van der Waals surface area (Å²) in [7, 11) is 0. The molecule has 0 heterocycles. The number of amides is 1. The van der Waals surface area contributed by atoms with E-state index in [1.807, 2.05) is 13.8 Å². The van der Waals surface area contributed by atoms with Crippen LogP contribution in [-0.2, 0) is 4.79 Å². The SMILES string of the molecule is CCC(C)NC(=O)COc1cc(Cl)ccc1N.